The Bertz CT molecular complexity index is 1100. The highest BCUT2D eigenvalue weighted by molar-refractivity contribution is 7.95. The van der Waals surface area contributed by atoms with Crippen LogP contribution in [0.2, 0.25) is 0 Å². The van der Waals surface area contributed by atoms with Crippen molar-refractivity contribution in [3.8, 4) is 0 Å². The van der Waals surface area contributed by atoms with Crippen molar-refractivity contribution in [1.82, 2.24) is 5.32 Å². The van der Waals surface area contributed by atoms with Gasteiger partial charge in [-0.25, -0.2) is 12.8 Å². The lowest BCUT2D eigenvalue weighted by atomic mass is 10.2. The minimum absolute atomic E-state index is 0.262. The Morgan fingerprint density at radius 1 is 0.897 bits per heavy atom. The number of halogens is 1. The van der Waals surface area contributed by atoms with Crippen LogP contribution in [0.25, 0.3) is 6.08 Å². The molecular weight excluding hydrogens is 391 g/mol. The van der Waals surface area contributed by atoms with Crippen molar-refractivity contribution in [2.45, 2.75) is 6.54 Å². The molecule has 0 spiro atoms. The molecule has 0 radical (unpaired) electrons. The zero-order valence-corrected chi connectivity index (χ0v) is 16.2. The highest BCUT2D eigenvalue weighted by Gasteiger charge is 2.08. The first kappa shape index (κ1) is 20.3. The second-order valence-corrected chi connectivity index (χ2v) is 7.81. The maximum atomic E-state index is 12.9. The topological polar surface area (TPSA) is 75.3 Å². The van der Waals surface area contributed by atoms with Crippen LogP contribution >= 0.6 is 0 Å². The zero-order chi connectivity index (χ0) is 20.7. The Labute approximate surface area is 169 Å². The number of carbonyl (C=O) groups is 1. The summed E-state index contributed by atoms with van der Waals surface area (Å²) in [5.41, 5.74) is 2.27. The number of rotatable bonds is 7. The van der Waals surface area contributed by atoms with E-state index in [0.29, 0.717) is 11.3 Å². The van der Waals surface area contributed by atoms with Crippen LogP contribution in [0.3, 0.4) is 0 Å². The van der Waals surface area contributed by atoms with E-state index in [-0.39, 0.29) is 18.3 Å². The Morgan fingerprint density at radius 2 is 1.55 bits per heavy atom. The third kappa shape index (κ3) is 6.29. The number of amides is 1. The molecule has 0 atom stereocenters. The molecule has 0 aliphatic rings. The van der Waals surface area contributed by atoms with E-state index in [2.05, 4.69) is 10.0 Å². The van der Waals surface area contributed by atoms with Gasteiger partial charge in [-0.1, -0.05) is 42.5 Å². The Balaban J connectivity index is 1.58. The summed E-state index contributed by atoms with van der Waals surface area (Å²) in [7, 11) is -3.68. The van der Waals surface area contributed by atoms with E-state index >= 15 is 0 Å². The largest absolute Gasteiger partial charge is 0.348 e. The first-order valence-corrected chi connectivity index (χ1v) is 10.3. The summed E-state index contributed by atoms with van der Waals surface area (Å²) in [6.45, 7) is 0.262. The van der Waals surface area contributed by atoms with E-state index in [1.807, 2.05) is 18.2 Å². The van der Waals surface area contributed by atoms with Crippen molar-refractivity contribution < 1.29 is 17.6 Å². The predicted octanol–water partition coefficient (Wildman–Crippen LogP) is 4.17. The van der Waals surface area contributed by atoms with Gasteiger partial charge in [-0.3, -0.25) is 9.52 Å². The quantitative estimate of drug-likeness (QED) is 0.614. The normalized spacial score (nSPS) is 11.3. The molecule has 0 fully saturated rings. The number of hydrogen-bond acceptors (Lipinski definition) is 3. The van der Waals surface area contributed by atoms with Gasteiger partial charge in [0.15, 0.2) is 0 Å². The SMILES string of the molecule is O=C(NCc1ccc(F)cc1)c1ccc(NS(=O)(=O)/C=C\c2ccccc2)cc1. The summed E-state index contributed by atoms with van der Waals surface area (Å²) in [5.74, 6) is -0.649. The van der Waals surface area contributed by atoms with Gasteiger partial charge < -0.3 is 5.32 Å². The van der Waals surface area contributed by atoms with Gasteiger partial charge in [-0.05, 0) is 53.6 Å². The molecule has 29 heavy (non-hydrogen) atoms. The van der Waals surface area contributed by atoms with Crippen molar-refractivity contribution >= 4 is 27.7 Å². The minimum Gasteiger partial charge on any atom is -0.348 e. The summed E-state index contributed by atoms with van der Waals surface area (Å²) in [4.78, 5) is 12.2. The Kier molecular flexibility index (Phi) is 6.41. The van der Waals surface area contributed by atoms with E-state index in [0.717, 1.165) is 16.5 Å². The molecule has 3 rings (SSSR count). The maximum Gasteiger partial charge on any atom is 0.255 e. The molecule has 5 nitrogen and oxygen atoms in total. The third-order valence-electron chi connectivity index (χ3n) is 4.01. The molecule has 0 bridgehead atoms. The lowest BCUT2D eigenvalue weighted by Crippen LogP contribution is -2.22. The van der Waals surface area contributed by atoms with Gasteiger partial charge in [-0.15, -0.1) is 0 Å². The molecule has 0 unspecified atom stereocenters. The molecule has 7 heteroatoms. The number of benzene rings is 3. The fourth-order valence-corrected chi connectivity index (χ4v) is 3.38. The van der Waals surface area contributed by atoms with Crippen LogP contribution in [0, 0.1) is 5.82 Å². The lowest BCUT2D eigenvalue weighted by molar-refractivity contribution is 0.0951. The van der Waals surface area contributed by atoms with Crippen LogP contribution in [0.4, 0.5) is 10.1 Å². The molecule has 0 aliphatic carbocycles. The number of carbonyl (C=O) groups excluding carboxylic acids is 1. The van der Waals surface area contributed by atoms with Crippen molar-refractivity contribution in [2.24, 2.45) is 0 Å². The van der Waals surface area contributed by atoms with Gasteiger partial charge in [0.25, 0.3) is 15.9 Å². The molecule has 0 saturated heterocycles. The van der Waals surface area contributed by atoms with Crippen LogP contribution in [0.1, 0.15) is 21.5 Å². The van der Waals surface area contributed by atoms with Gasteiger partial charge in [0, 0.05) is 17.8 Å². The standard InChI is InChI=1S/C22H19FN2O3S/c23-20-10-6-18(7-11-20)16-24-22(26)19-8-12-21(13-9-19)25-29(27,28)15-14-17-4-2-1-3-5-17/h1-15,25H,16H2,(H,24,26)/b15-14-. The Morgan fingerprint density at radius 3 is 2.21 bits per heavy atom. The molecule has 3 aromatic carbocycles. The molecule has 148 valence electrons. The second-order valence-electron chi connectivity index (χ2n) is 6.25. The second kappa shape index (κ2) is 9.16. The average Bonchev–Trinajstić information content (AvgIpc) is 2.73. The third-order valence-corrected chi connectivity index (χ3v) is 5.03. The van der Waals surface area contributed by atoms with Crippen LogP contribution in [0.15, 0.2) is 84.3 Å². The molecule has 2 N–H and O–H groups in total. The number of hydrogen-bond donors (Lipinski definition) is 2. The number of nitrogens with one attached hydrogen (secondary N) is 2. The summed E-state index contributed by atoms with van der Waals surface area (Å²) < 4.78 is 39.7. The molecule has 3 aromatic rings. The van der Waals surface area contributed by atoms with Gasteiger partial charge in [0.2, 0.25) is 0 Å². The van der Waals surface area contributed by atoms with Crippen molar-refractivity contribution in [3.63, 3.8) is 0 Å². The van der Waals surface area contributed by atoms with Crippen LogP contribution in [-0.4, -0.2) is 14.3 Å². The molecule has 1 amide bonds. The average molecular weight is 410 g/mol. The van der Waals surface area contributed by atoms with Crippen molar-refractivity contribution in [2.75, 3.05) is 4.72 Å². The minimum atomic E-state index is -3.68. The van der Waals surface area contributed by atoms with E-state index in [1.165, 1.54) is 42.5 Å². The highest BCUT2D eigenvalue weighted by Crippen LogP contribution is 2.13. The van der Waals surface area contributed by atoms with Gasteiger partial charge in [0.1, 0.15) is 5.82 Å². The molecule has 0 heterocycles. The summed E-state index contributed by atoms with van der Waals surface area (Å²) in [6, 6.07) is 21.0. The van der Waals surface area contributed by atoms with E-state index in [4.69, 9.17) is 0 Å². The highest BCUT2D eigenvalue weighted by atomic mass is 32.2. The van der Waals surface area contributed by atoms with E-state index < -0.39 is 10.0 Å². The van der Waals surface area contributed by atoms with Crippen molar-refractivity contribution in [1.29, 1.82) is 0 Å². The maximum absolute atomic E-state index is 12.9. The Hall–Kier alpha value is -3.45. The van der Waals surface area contributed by atoms with E-state index in [1.54, 1.807) is 24.3 Å². The predicted molar refractivity (Wildman–Crippen MR) is 112 cm³/mol. The van der Waals surface area contributed by atoms with Gasteiger partial charge in [-0.2, -0.15) is 0 Å². The fourth-order valence-electron chi connectivity index (χ4n) is 2.51. The van der Waals surface area contributed by atoms with Crippen molar-refractivity contribution in [3.05, 3.63) is 107 Å². The molecule has 0 aliphatic heterocycles. The van der Waals surface area contributed by atoms with Gasteiger partial charge >= 0.3 is 0 Å². The molecular formula is C22H19FN2O3S. The first-order chi connectivity index (χ1) is 13.9. The zero-order valence-electron chi connectivity index (χ0n) is 15.4. The summed E-state index contributed by atoms with van der Waals surface area (Å²) in [6.07, 6.45) is 1.50. The summed E-state index contributed by atoms with van der Waals surface area (Å²) in [5, 5.41) is 3.82. The summed E-state index contributed by atoms with van der Waals surface area (Å²) >= 11 is 0. The van der Waals surface area contributed by atoms with Crippen LogP contribution in [-0.2, 0) is 16.6 Å². The smallest absolute Gasteiger partial charge is 0.255 e. The fraction of sp³-hybridized carbons (Fsp3) is 0.0455. The number of anilines is 1. The first-order valence-electron chi connectivity index (χ1n) is 8.80. The van der Waals surface area contributed by atoms with Gasteiger partial charge in [0.05, 0.1) is 5.41 Å². The van der Waals surface area contributed by atoms with Crippen LogP contribution < -0.4 is 10.0 Å². The lowest BCUT2D eigenvalue weighted by Gasteiger charge is -2.08. The van der Waals surface area contributed by atoms with E-state index in [9.17, 15) is 17.6 Å². The number of sulfonamides is 1. The molecule has 0 saturated carbocycles. The monoisotopic (exact) mass is 410 g/mol. The molecule has 0 aromatic heterocycles. The van der Waals surface area contributed by atoms with Crippen LogP contribution in [0.5, 0.6) is 0 Å².